The zero-order valence-corrected chi connectivity index (χ0v) is 16.2. The number of rotatable bonds is 6. The fourth-order valence-electron chi connectivity index (χ4n) is 2.98. The molecule has 0 radical (unpaired) electrons. The van der Waals surface area contributed by atoms with E-state index >= 15 is 0 Å². The summed E-state index contributed by atoms with van der Waals surface area (Å²) in [7, 11) is 1.34. The molecule has 0 bridgehead atoms. The molecule has 0 atom stereocenters. The molecule has 9 heteroatoms. The topological polar surface area (TPSA) is 98.5 Å². The van der Waals surface area contributed by atoms with E-state index in [0.717, 1.165) is 54.1 Å². The minimum absolute atomic E-state index is 0.297. The van der Waals surface area contributed by atoms with Crippen molar-refractivity contribution in [1.29, 1.82) is 0 Å². The lowest BCUT2D eigenvalue weighted by atomic mass is 10.2. The van der Waals surface area contributed by atoms with Crippen LogP contribution >= 0.6 is 0 Å². The zero-order chi connectivity index (χ0) is 20.1. The molecular weight excluding hydrogens is 362 g/mol. The van der Waals surface area contributed by atoms with Gasteiger partial charge in [0.2, 0.25) is 5.69 Å². The van der Waals surface area contributed by atoms with Gasteiger partial charge in [-0.1, -0.05) is 17.7 Å². The van der Waals surface area contributed by atoms with Crippen LogP contribution in [0.15, 0.2) is 33.9 Å². The second kappa shape index (κ2) is 8.94. The van der Waals surface area contributed by atoms with Gasteiger partial charge in [-0.15, -0.1) is 0 Å². The number of nitrogens with one attached hydrogen (secondary N) is 1. The third-order valence-electron chi connectivity index (χ3n) is 4.71. The zero-order valence-electron chi connectivity index (χ0n) is 16.2. The number of aryl methyl sites for hydroxylation is 1. The molecule has 0 spiro atoms. The van der Waals surface area contributed by atoms with Crippen molar-refractivity contribution in [2.24, 2.45) is 7.05 Å². The Morgan fingerprint density at radius 3 is 2.54 bits per heavy atom. The minimum Gasteiger partial charge on any atom is -0.379 e. The van der Waals surface area contributed by atoms with Crippen molar-refractivity contribution in [3.63, 3.8) is 0 Å². The first-order chi connectivity index (χ1) is 13.5. The van der Waals surface area contributed by atoms with E-state index in [1.54, 1.807) is 12.1 Å². The van der Waals surface area contributed by atoms with Gasteiger partial charge < -0.3 is 10.1 Å². The second-order valence-electron chi connectivity index (χ2n) is 6.81. The van der Waals surface area contributed by atoms with E-state index in [1.807, 2.05) is 19.1 Å². The van der Waals surface area contributed by atoms with E-state index in [9.17, 15) is 14.4 Å². The predicted octanol–water partition coefficient (Wildman–Crippen LogP) is -0.308. The molecule has 1 saturated heterocycles. The SMILES string of the molecule is Cc1ccc(-n2nc(C(=O)NCCCN3CCOCC3)c(=O)n(C)c2=O)cc1. The van der Waals surface area contributed by atoms with Crippen molar-refractivity contribution in [2.45, 2.75) is 13.3 Å². The number of carbonyl (C=O) groups excluding carboxylic acids is 1. The Balaban J connectivity index is 1.71. The molecule has 0 aliphatic carbocycles. The monoisotopic (exact) mass is 387 g/mol. The van der Waals surface area contributed by atoms with Gasteiger partial charge in [-0.25, -0.2) is 4.79 Å². The third-order valence-corrected chi connectivity index (χ3v) is 4.71. The first-order valence-electron chi connectivity index (χ1n) is 9.33. The Bertz CT molecular complexity index is 942. The summed E-state index contributed by atoms with van der Waals surface area (Å²) in [4.78, 5) is 39.5. The highest BCUT2D eigenvalue weighted by Gasteiger charge is 2.18. The molecular formula is C19H25N5O4. The molecule has 1 N–H and O–H groups in total. The van der Waals surface area contributed by atoms with Crippen LogP contribution in [0.1, 0.15) is 22.5 Å². The van der Waals surface area contributed by atoms with Crippen LogP contribution in [0.2, 0.25) is 0 Å². The van der Waals surface area contributed by atoms with Crippen LogP contribution in [-0.4, -0.2) is 64.5 Å². The maximum atomic E-state index is 12.5. The van der Waals surface area contributed by atoms with Crippen LogP contribution < -0.4 is 16.6 Å². The highest BCUT2D eigenvalue weighted by Crippen LogP contribution is 2.05. The van der Waals surface area contributed by atoms with Crippen molar-refractivity contribution in [3.05, 3.63) is 56.4 Å². The van der Waals surface area contributed by atoms with Crippen LogP contribution in [0, 0.1) is 6.92 Å². The van der Waals surface area contributed by atoms with Crippen LogP contribution in [0.5, 0.6) is 0 Å². The first kappa shape index (κ1) is 20.0. The minimum atomic E-state index is -0.709. The Hall–Kier alpha value is -2.78. The quantitative estimate of drug-likeness (QED) is 0.683. The number of morpholine rings is 1. The number of hydrogen-bond acceptors (Lipinski definition) is 6. The van der Waals surface area contributed by atoms with Gasteiger partial charge in [-0.05, 0) is 32.0 Å². The van der Waals surface area contributed by atoms with Gasteiger partial charge in [-0.3, -0.25) is 19.1 Å². The highest BCUT2D eigenvalue weighted by atomic mass is 16.5. The van der Waals surface area contributed by atoms with E-state index in [4.69, 9.17) is 4.74 Å². The third kappa shape index (κ3) is 4.55. The number of ether oxygens (including phenoxy) is 1. The summed E-state index contributed by atoms with van der Waals surface area (Å²) in [6, 6.07) is 7.11. The van der Waals surface area contributed by atoms with Gasteiger partial charge in [0.1, 0.15) is 0 Å². The first-order valence-corrected chi connectivity index (χ1v) is 9.33. The van der Waals surface area contributed by atoms with Crippen molar-refractivity contribution < 1.29 is 9.53 Å². The van der Waals surface area contributed by atoms with Crippen LogP contribution in [0.25, 0.3) is 5.69 Å². The molecule has 2 aromatic rings. The van der Waals surface area contributed by atoms with Crippen LogP contribution in [0.3, 0.4) is 0 Å². The Kier molecular flexibility index (Phi) is 6.37. The fourth-order valence-corrected chi connectivity index (χ4v) is 2.98. The molecule has 1 fully saturated rings. The average molecular weight is 387 g/mol. The van der Waals surface area contributed by atoms with Gasteiger partial charge in [0, 0.05) is 26.7 Å². The standard InChI is InChI=1S/C19H25N5O4/c1-14-4-6-15(7-5-14)24-19(27)22(2)18(26)16(21-24)17(25)20-8-3-9-23-10-12-28-13-11-23/h4-7H,3,8-13H2,1-2H3,(H,20,25). The van der Waals surface area contributed by atoms with E-state index in [-0.39, 0.29) is 5.69 Å². The molecule has 2 heterocycles. The van der Waals surface area contributed by atoms with E-state index < -0.39 is 17.2 Å². The molecule has 1 amide bonds. The van der Waals surface area contributed by atoms with Gasteiger partial charge >= 0.3 is 5.69 Å². The van der Waals surface area contributed by atoms with Crippen molar-refractivity contribution in [3.8, 4) is 5.69 Å². The lowest BCUT2D eigenvalue weighted by Gasteiger charge is -2.26. The summed E-state index contributed by atoms with van der Waals surface area (Å²) >= 11 is 0. The van der Waals surface area contributed by atoms with Gasteiger partial charge in [0.25, 0.3) is 11.5 Å². The van der Waals surface area contributed by atoms with Crippen molar-refractivity contribution in [1.82, 2.24) is 24.6 Å². The lowest BCUT2D eigenvalue weighted by Crippen LogP contribution is -2.45. The average Bonchev–Trinajstić information content (AvgIpc) is 2.71. The lowest BCUT2D eigenvalue weighted by molar-refractivity contribution is 0.0374. The number of benzene rings is 1. The summed E-state index contributed by atoms with van der Waals surface area (Å²) in [5.41, 5.74) is -0.0850. The molecule has 1 aromatic carbocycles. The summed E-state index contributed by atoms with van der Waals surface area (Å²) in [6.45, 7) is 6.42. The molecule has 0 saturated carbocycles. The van der Waals surface area contributed by atoms with Gasteiger partial charge in [-0.2, -0.15) is 9.78 Å². The van der Waals surface area contributed by atoms with Crippen LogP contribution in [-0.2, 0) is 11.8 Å². The number of aromatic nitrogens is 3. The number of nitrogens with zero attached hydrogens (tertiary/aromatic N) is 4. The smallest absolute Gasteiger partial charge is 0.351 e. The number of carbonyl (C=O) groups is 1. The molecule has 0 unspecified atom stereocenters. The fraction of sp³-hybridized carbons (Fsp3) is 0.474. The molecule has 9 nitrogen and oxygen atoms in total. The molecule has 3 rings (SSSR count). The second-order valence-corrected chi connectivity index (χ2v) is 6.81. The maximum Gasteiger partial charge on any atom is 0.351 e. The summed E-state index contributed by atoms with van der Waals surface area (Å²) in [6.07, 6.45) is 0.754. The number of amides is 1. The molecule has 28 heavy (non-hydrogen) atoms. The van der Waals surface area contributed by atoms with E-state index in [1.165, 1.54) is 7.05 Å². The highest BCUT2D eigenvalue weighted by molar-refractivity contribution is 5.91. The van der Waals surface area contributed by atoms with Gasteiger partial charge in [0.05, 0.1) is 18.9 Å². The summed E-state index contributed by atoms with van der Waals surface area (Å²) in [5.74, 6) is -0.580. The van der Waals surface area contributed by atoms with E-state index in [2.05, 4.69) is 15.3 Å². The number of hydrogen-bond donors (Lipinski definition) is 1. The van der Waals surface area contributed by atoms with Crippen molar-refractivity contribution in [2.75, 3.05) is 39.4 Å². The Morgan fingerprint density at radius 2 is 1.86 bits per heavy atom. The molecule has 150 valence electrons. The van der Waals surface area contributed by atoms with Gasteiger partial charge in [0.15, 0.2) is 0 Å². The molecule has 1 aliphatic rings. The van der Waals surface area contributed by atoms with Crippen LogP contribution in [0.4, 0.5) is 0 Å². The Morgan fingerprint density at radius 1 is 1.18 bits per heavy atom. The van der Waals surface area contributed by atoms with Crippen molar-refractivity contribution >= 4 is 5.91 Å². The normalized spacial score (nSPS) is 14.8. The predicted molar refractivity (Wildman–Crippen MR) is 104 cm³/mol. The van der Waals surface area contributed by atoms with E-state index in [0.29, 0.717) is 12.2 Å². The molecule has 1 aliphatic heterocycles. The largest absolute Gasteiger partial charge is 0.379 e. The summed E-state index contributed by atoms with van der Waals surface area (Å²) in [5, 5.41) is 6.76. The molecule has 1 aromatic heterocycles. The summed E-state index contributed by atoms with van der Waals surface area (Å²) < 4.78 is 7.28. The Labute approximate surface area is 162 Å². The maximum absolute atomic E-state index is 12.5.